The summed E-state index contributed by atoms with van der Waals surface area (Å²) in [5.74, 6) is 2.04. The predicted molar refractivity (Wildman–Crippen MR) is 313 cm³/mol. The highest BCUT2D eigenvalue weighted by Crippen LogP contribution is 2.51. The normalized spacial score (nSPS) is 18.1. The van der Waals surface area contributed by atoms with Gasteiger partial charge in [-0.1, -0.05) is 223 Å². The minimum absolute atomic E-state index is 0.0479. The molecule has 382 valence electrons. The van der Waals surface area contributed by atoms with Gasteiger partial charge in [0.05, 0.1) is 31.8 Å². The number of oxime groups is 1. The average molecular weight is 1060 g/mol. The zero-order valence-electron chi connectivity index (χ0n) is 42.6. The zero-order chi connectivity index (χ0) is 51.2. The second-order valence-electron chi connectivity index (χ2n) is 19.4. The highest BCUT2D eigenvalue weighted by molar-refractivity contribution is 8.00. The first-order valence-corrected chi connectivity index (χ1v) is 29.0. The molecule has 2 bridgehead atoms. The van der Waals surface area contributed by atoms with Crippen LogP contribution in [0, 0.1) is 5.92 Å². The third-order valence-corrected chi connectivity index (χ3v) is 19.0. The third kappa shape index (κ3) is 12.0. The fourth-order valence-corrected chi connectivity index (χ4v) is 15.2. The molecule has 4 atom stereocenters. The van der Waals surface area contributed by atoms with Crippen LogP contribution in [0.25, 0.3) is 0 Å². The lowest BCUT2D eigenvalue weighted by Gasteiger charge is -2.45. The van der Waals surface area contributed by atoms with Crippen LogP contribution in [0.15, 0.2) is 205 Å². The number of fused-ring (bicyclic) bond motifs is 2. The Bertz CT molecular complexity index is 2670. The van der Waals surface area contributed by atoms with Crippen LogP contribution in [-0.4, -0.2) is 84.8 Å². The molecule has 0 spiro atoms. The topological polar surface area (TPSA) is 57.2 Å². The smallest absolute Gasteiger partial charge is 0.234 e. The molecule has 74 heavy (non-hydrogen) atoms. The maximum Gasteiger partial charge on any atom is 0.234 e. The molecule has 9 rings (SSSR count). The highest BCUT2D eigenvalue weighted by atomic mass is 35.5. The van der Waals surface area contributed by atoms with Crippen molar-refractivity contribution >= 4 is 58.3 Å². The van der Waals surface area contributed by atoms with Crippen molar-refractivity contribution in [3.63, 3.8) is 0 Å². The molecule has 2 aliphatic rings. The van der Waals surface area contributed by atoms with Gasteiger partial charge in [-0.25, -0.2) is 0 Å². The molecule has 2 saturated heterocycles. The third-order valence-electron chi connectivity index (χ3n) is 15.2. The van der Waals surface area contributed by atoms with E-state index in [4.69, 9.17) is 28.0 Å². The van der Waals surface area contributed by atoms with Crippen LogP contribution in [-0.2, 0) is 19.1 Å². The summed E-state index contributed by atoms with van der Waals surface area (Å²) in [6, 6.07) is 71.9. The summed E-state index contributed by atoms with van der Waals surface area (Å²) in [6.07, 6.45) is 5.01. The van der Waals surface area contributed by atoms with Gasteiger partial charge in [-0.3, -0.25) is 14.6 Å². The number of amides is 1. The maximum atomic E-state index is 14.4. The SMILES string of the molecule is CCC(=NOC)[C@@H]1C2CCC(C[C@H]1c1ccc(Cl)c(Cl)c1)N2CCCN(CCSC(c1ccccc1)(c1ccccc1)c1ccccc1)CC(=O)NCCSC(c1ccccc1)(c1ccccc1)c1ccccc1. The number of nitrogens with one attached hydrogen (secondary N) is 1. The van der Waals surface area contributed by atoms with Crippen molar-refractivity contribution in [2.24, 2.45) is 11.1 Å². The zero-order valence-corrected chi connectivity index (χ0v) is 45.7. The number of rotatable bonds is 24. The van der Waals surface area contributed by atoms with Gasteiger partial charge >= 0.3 is 0 Å². The molecule has 2 fully saturated rings. The van der Waals surface area contributed by atoms with Crippen molar-refractivity contribution in [1.29, 1.82) is 0 Å². The largest absolute Gasteiger partial charge is 0.399 e. The Hall–Kier alpha value is -5.32. The number of benzene rings is 7. The van der Waals surface area contributed by atoms with Crippen LogP contribution < -0.4 is 5.32 Å². The van der Waals surface area contributed by atoms with E-state index in [2.05, 4.69) is 221 Å². The molecule has 1 amide bonds. The summed E-state index contributed by atoms with van der Waals surface area (Å²) in [7, 11) is 1.65. The standard InChI is InChI=1S/C64H68Cl2N4O2S2/c1-3-59(68-72-2)62-56(48-35-37-57(65)58(66)45-48)46-55-36-38-60(62)70(55)41-22-40-69(42-44-74-64(52-29-16-7-17-30-52,53-31-18-8-19-32-53)54-33-20-9-21-34-54)47-61(71)67-39-43-73-63(49-23-10-4-11-24-49,50-25-12-5-13-26-50)51-27-14-6-15-28-51/h4-21,23-35,37,45,55-56,60,62H,3,22,36,38-44,46-47H2,1-2H3,(H,67,71)/t55?,56-,60?,62+/m0/s1. The van der Waals surface area contributed by atoms with Gasteiger partial charge in [-0.2, -0.15) is 0 Å². The molecule has 1 N–H and O–H groups in total. The van der Waals surface area contributed by atoms with Gasteiger partial charge in [0.1, 0.15) is 7.11 Å². The van der Waals surface area contributed by atoms with Gasteiger partial charge in [-0.05, 0) is 102 Å². The molecule has 10 heteroatoms. The number of piperidine rings is 1. The molecule has 0 aromatic heterocycles. The van der Waals surface area contributed by atoms with E-state index in [1.54, 1.807) is 7.11 Å². The first-order chi connectivity index (χ1) is 36.3. The van der Waals surface area contributed by atoms with Crippen molar-refractivity contribution in [2.45, 2.75) is 66.5 Å². The van der Waals surface area contributed by atoms with Crippen molar-refractivity contribution < 1.29 is 9.63 Å². The molecule has 0 saturated carbocycles. The number of hydrogen-bond donors (Lipinski definition) is 1. The molecule has 0 radical (unpaired) electrons. The van der Waals surface area contributed by atoms with E-state index in [0.29, 0.717) is 35.2 Å². The maximum absolute atomic E-state index is 14.4. The summed E-state index contributed by atoms with van der Waals surface area (Å²) < 4.78 is -0.909. The number of carbonyl (C=O) groups excluding carboxylic acids is 1. The fraction of sp³-hybridized carbons (Fsp3) is 0.312. The van der Waals surface area contributed by atoms with E-state index >= 15 is 0 Å². The van der Waals surface area contributed by atoms with Crippen LogP contribution in [0.1, 0.15) is 83.9 Å². The molecule has 7 aromatic rings. The first-order valence-electron chi connectivity index (χ1n) is 26.3. The lowest BCUT2D eigenvalue weighted by molar-refractivity contribution is -0.122. The minimum Gasteiger partial charge on any atom is -0.399 e. The lowest BCUT2D eigenvalue weighted by Crippen LogP contribution is -2.51. The van der Waals surface area contributed by atoms with Gasteiger partial charge in [-0.15, -0.1) is 23.5 Å². The predicted octanol–water partition coefficient (Wildman–Crippen LogP) is 14.6. The van der Waals surface area contributed by atoms with E-state index in [1.807, 2.05) is 29.6 Å². The molecular formula is C64H68Cl2N4O2S2. The van der Waals surface area contributed by atoms with Crippen molar-refractivity contribution in [2.75, 3.05) is 51.3 Å². The van der Waals surface area contributed by atoms with Crippen LogP contribution in [0.3, 0.4) is 0 Å². The van der Waals surface area contributed by atoms with E-state index in [0.717, 1.165) is 69.0 Å². The molecule has 7 aromatic carbocycles. The van der Waals surface area contributed by atoms with Crippen LogP contribution in [0.4, 0.5) is 0 Å². The number of thioether (sulfide) groups is 2. The minimum atomic E-state index is -0.456. The van der Waals surface area contributed by atoms with Crippen LogP contribution in [0.2, 0.25) is 10.0 Å². The Morgan fingerprint density at radius 3 is 1.57 bits per heavy atom. The quantitative estimate of drug-likeness (QED) is 0.0282. The summed E-state index contributed by atoms with van der Waals surface area (Å²) in [5, 5.41) is 9.22. The Morgan fingerprint density at radius 2 is 1.12 bits per heavy atom. The first kappa shape index (κ1) is 53.5. The summed E-state index contributed by atoms with van der Waals surface area (Å²) in [5.41, 5.74) is 9.66. The second kappa shape index (κ2) is 26.0. The Morgan fingerprint density at radius 1 is 0.649 bits per heavy atom. The van der Waals surface area contributed by atoms with E-state index in [1.165, 1.54) is 38.9 Å². The van der Waals surface area contributed by atoms with Gasteiger partial charge in [0.25, 0.3) is 0 Å². The Balaban J connectivity index is 0.947. The molecule has 0 aliphatic carbocycles. The van der Waals surface area contributed by atoms with Gasteiger partial charge < -0.3 is 10.2 Å². The fourth-order valence-electron chi connectivity index (χ4n) is 11.9. The van der Waals surface area contributed by atoms with Gasteiger partial charge in [0, 0.05) is 42.6 Å². The number of nitrogens with zero attached hydrogens (tertiary/aromatic N) is 3. The van der Waals surface area contributed by atoms with Crippen LogP contribution in [0.5, 0.6) is 0 Å². The molecule has 6 nitrogen and oxygen atoms in total. The van der Waals surface area contributed by atoms with Crippen LogP contribution >= 0.6 is 46.7 Å². The Labute approximate surface area is 458 Å². The van der Waals surface area contributed by atoms with Crippen molar-refractivity contribution in [3.05, 3.63) is 249 Å². The van der Waals surface area contributed by atoms with E-state index < -0.39 is 9.49 Å². The number of hydrogen-bond acceptors (Lipinski definition) is 7. The summed E-state index contributed by atoms with van der Waals surface area (Å²) in [6.45, 7) is 5.52. The highest BCUT2D eigenvalue weighted by Gasteiger charge is 2.49. The van der Waals surface area contributed by atoms with E-state index in [9.17, 15) is 4.79 Å². The summed E-state index contributed by atoms with van der Waals surface area (Å²) >= 11 is 16.9. The molecular weight excluding hydrogens is 992 g/mol. The van der Waals surface area contributed by atoms with Gasteiger partial charge in [0.15, 0.2) is 0 Å². The van der Waals surface area contributed by atoms with Crippen molar-refractivity contribution in [3.8, 4) is 0 Å². The lowest BCUT2D eigenvalue weighted by atomic mass is 9.73. The monoisotopic (exact) mass is 1060 g/mol. The number of halogens is 2. The molecule has 2 unspecified atom stereocenters. The van der Waals surface area contributed by atoms with Crippen molar-refractivity contribution in [1.82, 2.24) is 15.1 Å². The molecule has 2 heterocycles. The summed E-state index contributed by atoms with van der Waals surface area (Å²) in [4.78, 5) is 25.1. The average Bonchev–Trinajstić information content (AvgIpc) is 3.74. The molecule has 2 aliphatic heterocycles. The van der Waals surface area contributed by atoms with Gasteiger partial charge in [0.2, 0.25) is 5.91 Å². The Kier molecular flexibility index (Phi) is 18.8. The second-order valence-corrected chi connectivity index (χ2v) is 22.9. The van der Waals surface area contributed by atoms with E-state index in [-0.39, 0.29) is 17.7 Å². The number of carbonyl (C=O) groups is 1.